The quantitative estimate of drug-likeness (QED) is 0.808. The van der Waals surface area contributed by atoms with E-state index in [9.17, 15) is 4.79 Å². The zero-order valence-electron chi connectivity index (χ0n) is 15.9. The van der Waals surface area contributed by atoms with Gasteiger partial charge in [-0.2, -0.15) is 0 Å². The second-order valence-corrected chi connectivity index (χ2v) is 7.92. The molecule has 1 atom stereocenters. The Kier molecular flexibility index (Phi) is 7.32. The number of likely N-dealkylation sites (tertiary alicyclic amines) is 1. The van der Waals surface area contributed by atoms with Gasteiger partial charge >= 0.3 is 0 Å². The lowest BCUT2D eigenvalue weighted by molar-refractivity contribution is 0.0674. The van der Waals surface area contributed by atoms with E-state index in [1.165, 1.54) is 0 Å². The van der Waals surface area contributed by atoms with E-state index in [2.05, 4.69) is 15.6 Å². The van der Waals surface area contributed by atoms with Gasteiger partial charge in [0.1, 0.15) is 0 Å². The molecular weight excluding hydrogens is 397 g/mol. The van der Waals surface area contributed by atoms with E-state index in [1.807, 2.05) is 40.0 Å². The average molecular weight is 424 g/mol. The van der Waals surface area contributed by atoms with Gasteiger partial charge in [-0.25, -0.2) is 4.68 Å². The van der Waals surface area contributed by atoms with Crippen molar-refractivity contribution in [2.75, 3.05) is 19.6 Å². The number of hydrogen-bond donors (Lipinski definition) is 1. The molecule has 2 aromatic rings. The van der Waals surface area contributed by atoms with Crippen molar-refractivity contribution in [2.24, 2.45) is 0 Å². The summed E-state index contributed by atoms with van der Waals surface area (Å²) in [6, 6.07) is 8.27. The molecule has 8 heteroatoms. The third-order valence-corrected chi connectivity index (χ3v) is 5.93. The van der Waals surface area contributed by atoms with E-state index < -0.39 is 0 Å². The molecule has 1 N–H and O–H groups in total. The molecule has 152 valence electrons. The van der Waals surface area contributed by atoms with Crippen LogP contribution in [0.1, 0.15) is 66.7 Å². The van der Waals surface area contributed by atoms with Gasteiger partial charge in [0.05, 0.1) is 18.3 Å². The van der Waals surface area contributed by atoms with Crippen molar-refractivity contribution in [1.29, 1.82) is 0 Å². The highest BCUT2D eigenvalue weighted by atomic mass is 35.5. The zero-order chi connectivity index (χ0) is 18.6. The highest BCUT2D eigenvalue weighted by Gasteiger charge is 2.29. The van der Waals surface area contributed by atoms with Crippen LogP contribution in [0.3, 0.4) is 0 Å². The fraction of sp³-hybridized carbons (Fsp3) is 0.550. The molecule has 6 nitrogen and oxygen atoms in total. The summed E-state index contributed by atoms with van der Waals surface area (Å²) in [6.07, 6.45) is 8.15. The summed E-state index contributed by atoms with van der Waals surface area (Å²) in [7, 11) is 0. The van der Waals surface area contributed by atoms with Crippen LogP contribution in [0.25, 0.3) is 0 Å². The largest absolute Gasteiger partial charge is 0.330 e. The lowest BCUT2D eigenvalue weighted by atomic mass is 10.0. The molecule has 2 fully saturated rings. The number of carbonyl (C=O) groups excluding carboxylic acids is 1. The molecule has 0 aliphatic carbocycles. The normalized spacial score (nSPS) is 21.0. The van der Waals surface area contributed by atoms with Crippen LogP contribution < -0.4 is 5.32 Å². The summed E-state index contributed by atoms with van der Waals surface area (Å²) in [5.41, 5.74) is 1.59. The number of benzene rings is 1. The number of aromatic nitrogens is 3. The molecule has 0 radical (unpaired) electrons. The van der Waals surface area contributed by atoms with Crippen molar-refractivity contribution in [2.45, 2.75) is 50.6 Å². The Morgan fingerprint density at radius 3 is 2.57 bits per heavy atom. The third kappa shape index (κ3) is 4.67. The highest BCUT2D eigenvalue weighted by molar-refractivity contribution is 6.30. The number of halogens is 2. The summed E-state index contributed by atoms with van der Waals surface area (Å²) in [6.45, 7) is 2.73. The van der Waals surface area contributed by atoms with Gasteiger partial charge in [0.2, 0.25) is 0 Å². The molecule has 2 saturated heterocycles. The predicted molar refractivity (Wildman–Crippen MR) is 112 cm³/mol. The SMILES string of the molecule is Cl.O=C(c1cn(C2CCNCC2)nn1)N1CCCCCC1c1ccc(Cl)cc1. The first-order valence-electron chi connectivity index (χ1n) is 9.91. The number of nitrogens with one attached hydrogen (secondary N) is 1. The van der Waals surface area contributed by atoms with Crippen molar-refractivity contribution in [3.8, 4) is 0 Å². The number of amides is 1. The monoisotopic (exact) mass is 423 g/mol. The predicted octanol–water partition coefficient (Wildman–Crippen LogP) is 4.04. The van der Waals surface area contributed by atoms with Crippen molar-refractivity contribution in [3.05, 3.63) is 46.7 Å². The van der Waals surface area contributed by atoms with Crippen LogP contribution in [-0.2, 0) is 0 Å². The summed E-state index contributed by atoms with van der Waals surface area (Å²) in [4.78, 5) is 15.3. The number of piperidine rings is 1. The molecule has 0 bridgehead atoms. The van der Waals surface area contributed by atoms with E-state index in [4.69, 9.17) is 11.6 Å². The summed E-state index contributed by atoms with van der Waals surface area (Å²) < 4.78 is 1.88. The second-order valence-electron chi connectivity index (χ2n) is 7.48. The fourth-order valence-corrected chi connectivity index (χ4v) is 4.28. The molecule has 1 unspecified atom stereocenters. The summed E-state index contributed by atoms with van der Waals surface area (Å²) in [5.74, 6) is -0.0166. The van der Waals surface area contributed by atoms with Crippen molar-refractivity contribution < 1.29 is 4.79 Å². The average Bonchev–Trinajstić information content (AvgIpc) is 3.07. The lowest BCUT2D eigenvalue weighted by Crippen LogP contribution is -2.35. The molecular formula is C20H27Cl2N5O. The number of carbonyl (C=O) groups is 1. The lowest BCUT2D eigenvalue weighted by Gasteiger charge is -2.30. The molecule has 2 aliphatic heterocycles. The Bertz CT molecular complexity index is 773. The molecule has 1 aromatic heterocycles. The zero-order valence-corrected chi connectivity index (χ0v) is 17.5. The van der Waals surface area contributed by atoms with Gasteiger partial charge in [-0.05, 0) is 56.5 Å². The highest BCUT2D eigenvalue weighted by Crippen LogP contribution is 2.32. The van der Waals surface area contributed by atoms with Crippen molar-refractivity contribution in [3.63, 3.8) is 0 Å². The van der Waals surface area contributed by atoms with E-state index in [0.29, 0.717) is 11.7 Å². The van der Waals surface area contributed by atoms with Gasteiger partial charge < -0.3 is 10.2 Å². The Balaban J connectivity index is 0.00000225. The van der Waals surface area contributed by atoms with Crippen LogP contribution in [-0.4, -0.2) is 45.4 Å². The first-order valence-corrected chi connectivity index (χ1v) is 10.3. The summed E-state index contributed by atoms with van der Waals surface area (Å²) in [5, 5.41) is 12.6. The molecule has 3 heterocycles. The maximum absolute atomic E-state index is 13.3. The molecule has 0 spiro atoms. The Morgan fingerprint density at radius 1 is 1.07 bits per heavy atom. The van der Waals surface area contributed by atoms with E-state index in [1.54, 1.807) is 0 Å². The van der Waals surface area contributed by atoms with Gasteiger partial charge in [0.25, 0.3) is 5.91 Å². The van der Waals surface area contributed by atoms with Crippen LogP contribution in [0.5, 0.6) is 0 Å². The fourth-order valence-electron chi connectivity index (χ4n) is 4.15. The Labute approximate surface area is 177 Å². The Hall–Kier alpha value is -1.63. The number of nitrogens with zero attached hydrogens (tertiary/aromatic N) is 4. The van der Waals surface area contributed by atoms with Crippen LogP contribution >= 0.6 is 24.0 Å². The van der Waals surface area contributed by atoms with Crippen LogP contribution in [0.15, 0.2) is 30.5 Å². The topological polar surface area (TPSA) is 63.1 Å². The van der Waals surface area contributed by atoms with Crippen LogP contribution in [0, 0.1) is 0 Å². The third-order valence-electron chi connectivity index (χ3n) is 5.68. The minimum absolute atomic E-state index is 0. The molecule has 1 aromatic carbocycles. The van der Waals surface area contributed by atoms with Gasteiger partial charge in [-0.3, -0.25) is 4.79 Å². The van der Waals surface area contributed by atoms with Gasteiger partial charge in [0.15, 0.2) is 5.69 Å². The first-order chi connectivity index (χ1) is 13.2. The Morgan fingerprint density at radius 2 is 1.82 bits per heavy atom. The maximum Gasteiger partial charge on any atom is 0.276 e. The minimum atomic E-state index is -0.0166. The van der Waals surface area contributed by atoms with Crippen molar-refractivity contribution >= 4 is 29.9 Å². The van der Waals surface area contributed by atoms with Crippen molar-refractivity contribution in [1.82, 2.24) is 25.2 Å². The van der Waals surface area contributed by atoms with Gasteiger partial charge in [0, 0.05) is 11.6 Å². The van der Waals surface area contributed by atoms with Gasteiger partial charge in [-0.15, -0.1) is 17.5 Å². The molecule has 1 amide bonds. The van der Waals surface area contributed by atoms with E-state index >= 15 is 0 Å². The van der Waals surface area contributed by atoms with Crippen LogP contribution in [0.4, 0.5) is 0 Å². The minimum Gasteiger partial charge on any atom is -0.330 e. The van der Waals surface area contributed by atoms with E-state index in [0.717, 1.165) is 68.7 Å². The standard InChI is InChI=1S/C20H26ClN5O.ClH/c21-16-7-5-15(6-8-16)19-4-2-1-3-13-25(19)20(27)18-14-26(24-23-18)17-9-11-22-12-10-17;/h5-8,14,17,19,22H,1-4,9-13H2;1H. The molecule has 4 rings (SSSR count). The number of hydrogen-bond acceptors (Lipinski definition) is 4. The number of rotatable bonds is 3. The smallest absolute Gasteiger partial charge is 0.276 e. The van der Waals surface area contributed by atoms with E-state index in [-0.39, 0.29) is 24.4 Å². The van der Waals surface area contributed by atoms with Crippen LogP contribution in [0.2, 0.25) is 5.02 Å². The summed E-state index contributed by atoms with van der Waals surface area (Å²) >= 11 is 6.05. The van der Waals surface area contributed by atoms with Gasteiger partial charge in [-0.1, -0.05) is 41.8 Å². The molecule has 0 saturated carbocycles. The molecule has 2 aliphatic rings. The maximum atomic E-state index is 13.3. The second kappa shape index (κ2) is 9.72. The molecule has 28 heavy (non-hydrogen) atoms. The first kappa shape index (κ1) is 21.1.